The molecule has 3 aromatic carbocycles. The van der Waals surface area contributed by atoms with Gasteiger partial charge < -0.3 is 42.7 Å². The molecule has 280 valence electrons. The van der Waals surface area contributed by atoms with Gasteiger partial charge in [-0.3, -0.25) is 4.79 Å². The van der Waals surface area contributed by atoms with E-state index in [1.54, 1.807) is 18.2 Å². The fraction of sp³-hybridized carbons (Fsp3) is 0.171. The first-order chi connectivity index (χ1) is 26.3. The summed E-state index contributed by atoms with van der Waals surface area (Å²) in [4.78, 5) is 10.9. The minimum absolute atomic E-state index is 0.322. The first kappa shape index (κ1) is 40.1. The van der Waals surface area contributed by atoms with Crippen molar-refractivity contribution in [2.24, 2.45) is 0 Å². The van der Waals surface area contributed by atoms with Gasteiger partial charge in [-0.1, -0.05) is 110 Å². The number of aromatic nitrogens is 3. The second-order valence-corrected chi connectivity index (χ2v) is 11.2. The average Bonchev–Trinajstić information content (AvgIpc) is 4.01. The van der Waals surface area contributed by atoms with Gasteiger partial charge in [0.15, 0.2) is 23.4 Å². The molecular formula is C41H41N3O10. The molecule has 13 nitrogen and oxygen atoms in total. The van der Waals surface area contributed by atoms with Crippen LogP contribution in [0.1, 0.15) is 59.2 Å². The normalized spacial score (nSPS) is 11.9. The smallest absolute Gasteiger partial charge is 0.303 e. The minimum Gasteiger partial charge on any atom is -0.471 e. The molecule has 0 fully saturated rings. The van der Waals surface area contributed by atoms with E-state index in [9.17, 15) is 15.0 Å². The fourth-order valence-electron chi connectivity index (χ4n) is 4.26. The Hall–Kier alpha value is -6.70. The molecule has 1 unspecified atom stereocenters. The largest absolute Gasteiger partial charge is 0.471 e. The van der Waals surface area contributed by atoms with Crippen molar-refractivity contribution in [3.8, 4) is 17.6 Å². The van der Waals surface area contributed by atoms with Crippen molar-refractivity contribution >= 4 is 5.97 Å². The molecule has 3 atom stereocenters. The van der Waals surface area contributed by atoms with Gasteiger partial charge in [-0.15, -0.1) is 13.2 Å². The van der Waals surface area contributed by atoms with Gasteiger partial charge >= 0.3 is 5.97 Å². The highest BCUT2D eigenvalue weighted by molar-refractivity contribution is 5.66. The SMILES string of the molecule is C=CC(O)c1cc(OCc2ccccc2)no1.C=C[C@@H](OC(C)=O)c1cc(OCc2ccccc2)no1.C=C[C@H](O)c1cc(OCc2ccccc2)no1. The molecule has 3 aromatic heterocycles. The van der Waals surface area contributed by atoms with E-state index in [2.05, 4.69) is 35.2 Å². The van der Waals surface area contributed by atoms with E-state index < -0.39 is 24.3 Å². The first-order valence-corrected chi connectivity index (χ1v) is 16.6. The maximum Gasteiger partial charge on any atom is 0.303 e. The third-order valence-corrected chi connectivity index (χ3v) is 7.03. The van der Waals surface area contributed by atoms with E-state index in [0.717, 1.165) is 16.7 Å². The summed E-state index contributed by atoms with van der Waals surface area (Å²) in [6.07, 6.45) is 1.83. The molecule has 54 heavy (non-hydrogen) atoms. The highest BCUT2D eigenvalue weighted by Gasteiger charge is 2.17. The number of ether oxygens (including phenoxy) is 4. The number of carbonyl (C=O) groups is 1. The van der Waals surface area contributed by atoms with Gasteiger partial charge in [0.2, 0.25) is 0 Å². The van der Waals surface area contributed by atoms with E-state index in [4.69, 9.17) is 32.5 Å². The van der Waals surface area contributed by atoms with E-state index >= 15 is 0 Å². The molecule has 0 aliphatic carbocycles. The zero-order valence-corrected chi connectivity index (χ0v) is 29.6. The molecule has 0 bridgehead atoms. The van der Waals surface area contributed by atoms with Crippen molar-refractivity contribution in [1.29, 1.82) is 0 Å². The Labute approximate surface area is 312 Å². The molecule has 0 radical (unpaired) electrons. The molecule has 0 aliphatic rings. The van der Waals surface area contributed by atoms with E-state index in [-0.39, 0.29) is 0 Å². The lowest BCUT2D eigenvalue weighted by Gasteiger charge is -2.07. The van der Waals surface area contributed by atoms with Crippen LogP contribution in [0.5, 0.6) is 17.6 Å². The Balaban J connectivity index is 0.000000181. The van der Waals surface area contributed by atoms with E-state index in [0.29, 0.717) is 54.7 Å². The Kier molecular flexibility index (Phi) is 16.0. The maximum atomic E-state index is 10.9. The fourth-order valence-corrected chi connectivity index (χ4v) is 4.26. The van der Waals surface area contributed by atoms with Crippen molar-refractivity contribution < 1.29 is 47.5 Å². The number of hydrogen-bond acceptors (Lipinski definition) is 13. The Morgan fingerprint density at radius 2 is 0.926 bits per heavy atom. The molecule has 0 saturated carbocycles. The van der Waals surface area contributed by atoms with Gasteiger partial charge in [0.05, 0.1) is 0 Å². The summed E-state index contributed by atoms with van der Waals surface area (Å²) in [5.74, 6) is 1.64. The highest BCUT2D eigenvalue weighted by Crippen LogP contribution is 2.24. The van der Waals surface area contributed by atoms with Crippen LogP contribution in [0.3, 0.4) is 0 Å². The molecule has 6 aromatic rings. The molecule has 3 heterocycles. The topological polar surface area (TPSA) is 173 Å². The summed E-state index contributed by atoms with van der Waals surface area (Å²) in [5, 5.41) is 30.0. The van der Waals surface area contributed by atoms with Gasteiger partial charge in [0.25, 0.3) is 17.6 Å². The van der Waals surface area contributed by atoms with Crippen LogP contribution in [0.2, 0.25) is 0 Å². The Bertz CT molecular complexity index is 1900. The van der Waals surface area contributed by atoms with Crippen LogP contribution in [0.15, 0.2) is 161 Å². The summed E-state index contributed by atoms with van der Waals surface area (Å²) in [7, 11) is 0. The quantitative estimate of drug-likeness (QED) is 0.0724. The molecule has 0 amide bonds. The van der Waals surface area contributed by atoms with Crippen molar-refractivity contribution in [2.45, 2.75) is 45.1 Å². The molecule has 13 heteroatoms. The van der Waals surface area contributed by atoms with Gasteiger partial charge in [0, 0.05) is 25.1 Å². The first-order valence-electron chi connectivity index (χ1n) is 16.6. The monoisotopic (exact) mass is 735 g/mol. The second kappa shape index (κ2) is 21.6. The Morgan fingerprint density at radius 3 is 1.24 bits per heavy atom. The standard InChI is InChI=1S/C15H15NO4.2C13H13NO3/c1-3-13(19-11(2)17)14-9-15(16-20-14)18-10-12-7-5-4-6-8-12;2*1-2-11(15)12-8-13(14-17-12)16-9-10-6-4-3-5-7-10/h3-9,13H,1,10H2,2H3;2*2-8,11,15H,1,9H2/t13-;11-;/m10./s1. The molecule has 0 aliphatic heterocycles. The van der Waals surface area contributed by atoms with Gasteiger partial charge in [-0.2, -0.15) is 0 Å². The lowest BCUT2D eigenvalue weighted by atomic mass is 10.2. The van der Waals surface area contributed by atoms with Gasteiger partial charge in [-0.05, 0) is 38.2 Å². The molecule has 0 spiro atoms. The third kappa shape index (κ3) is 13.5. The van der Waals surface area contributed by atoms with Crippen LogP contribution < -0.4 is 14.2 Å². The second-order valence-electron chi connectivity index (χ2n) is 11.2. The van der Waals surface area contributed by atoms with Crippen LogP contribution in [0.4, 0.5) is 0 Å². The van der Waals surface area contributed by atoms with Crippen LogP contribution >= 0.6 is 0 Å². The molecule has 0 saturated heterocycles. The predicted octanol–water partition coefficient (Wildman–Crippen LogP) is 7.99. The average molecular weight is 736 g/mol. The number of hydrogen-bond donors (Lipinski definition) is 2. The summed E-state index contributed by atoms with van der Waals surface area (Å²) in [6, 6.07) is 33.9. The summed E-state index contributed by atoms with van der Waals surface area (Å²) < 4.78 is 36.2. The number of carbonyl (C=O) groups excluding carboxylic acids is 1. The number of aliphatic hydroxyl groups excluding tert-OH is 2. The maximum absolute atomic E-state index is 10.9. The predicted molar refractivity (Wildman–Crippen MR) is 197 cm³/mol. The van der Waals surface area contributed by atoms with Gasteiger partial charge in [0.1, 0.15) is 32.0 Å². The third-order valence-electron chi connectivity index (χ3n) is 7.03. The minimum atomic E-state index is -0.850. The molecule has 6 rings (SSSR count). The molecule has 2 N–H and O–H groups in total. The van der Waals surface area contributed by atoms with Crippen molar-refractivity contribution in [1.82, 2.24) is 15.5 Å². The van der Waals surface area contributed by atoms with Crippen LogP contribution in [-0.2, 0) is 29.4 Å². The number of rotatable bonds is 16. The lowest BCUT2D eigenvalue weighted by Crippen LogP contribution is -2.04. The van der Waals surface area contributed by atoms with Crippen molar-refractivity contribution in [3.63, 3.8) is 0 Å². The molecular weight excluding hydrogens is 694 g/mol. The number of esters is 1. The zero-order chi connectivity index (χ0) is 38.5. The summed E-state index contributed by atoms with van der Waals surface area (Å²) in [6.45, 7) is 13.0. The summed E-state index contributed by atoms with van der Waals surface area (Å²) >= 11 is 0. The van der Waals surface area contributed by atoms with Crippen molar-refractivity contribution in [2.75, 3.05) is 0 Å². The van der Waals surface area contributed by atoms with Crippen LogP contribution in [0, 0.1) is 0 Å². The number of aliphatic hydroxyl groups is 2. The van der Waals surface area contributed by atoms with Crippen LogP contribution in [0.25, 0.3) is 0 Å². The lowest BCUT2D eigenvalue weighted by molar-refractivity contribution is -0.145. The van der Waals surface area contributed by atoms with E-state index in [1.165, 1.54) is 25.2 Å². The van der Waals surface area contributed by atoms with Crippen molar-refractivity contribution in [3.05, 3.63) is 181 Å². The number of benzene rings is 3. The van der Waals surface area contributed by atoms with E-state index in [1.807, 2.05) is 91.0 Å². The highest BCUT2D eigenvalue weighted by atomic mass is 16.6. The Morgan fingerprint density at radius 1 is 0.593 bits per heavy atom. The zero-order valence-electron chi connectivity index (χ0n) is 29.6. The van der Waals surface area contributed by atoms with Crippen LogP contribution in [-0.4, -0.2) is 31.7 Å². The summed E-state index contributed by atoms with van der Waals surface area (Å²) in [5.41, 5.74) is 3.11. The number of nitrogens with zero attached hydrogens (tertiary/aromatic N) is 3. The van der Waals surface area contributed by atoms with Gasteiger partial charge in [-0.25, -0.2) is 0 Å².